The normalized spacial score (nSPS) is 27.1. The molecule has 0 spiro atoms. The van der Waals surface area contributed by atoms with Crippen LogP contribution in [-0.2, 0) is 10.2 Å². The van der Waals surface area contributed by atoms with Crippen LogP contribution < -0.4 is 10.9 Å². The number of hydrogen-bond donors (Lipinski definition) is 3. The smallest absolute Gasteiger partial charge is 0.282 e. The van der Waals surface area contributed by atoms with Gasteiger partial charge < -0.3 is 15.5 Å². The second kappa shape index (κ2) is 9.24. The van der Waals surface area contributed by atoms with Crippen molar-refractivity contribution in [3.8, 4) is 0 Å². The number of anilines is 1. The second-order valence-electron chi connectivity index (χ2n) is 10.1. The highest BCUT2D eigenvalue weighted by Crippen LogP contribution is 2.40. The van der Waals surface area contributed by atoms with Gasteiger partial charge in [-0.2, -0.15) is 22.0 Å². The summed E-state index contributed by atoms with van der Waals surface area (Å²) < 4.78 is 56.4. The van der Waals surface area contributed by atoms with Crippen LogP contribution >= 0.6 is 0 Å². The number of aliphatic hydroxyl groups excluding tert-OH is 1. The molecule has 14 heteroatoms. The average molecular weight is 529 g/mol. The maximum atomic E-state index is 13.6. The van der Waals surface area contributed by atoms with Crippen molar-refractivity contribution in [2.45, 2.75) is 69.2 Å². The molecule has 4 heterocycles. The molecule has 0 aromatic carbocycles. The van der Waals surface area contributed by atoms with Gasteiger partial charge in [-0.3, -0.25) is 9.36 Å². The summed E-state index contributed by atoms with van der Waals surface area (Å²) in [5.41, 5.74) is -2.59. The molecule has 5 rings (SSSR count). The third-order valence-corrected chi connectivity index (χ3v) is 9.46. The van der Waals surface area contributed by atoms with Crippen LogP contribution in [0.15, 0.2) is 17.1 Å². The van der Waals surface area contributed by atoms with Crippen LogP contribution in [0, 0.1) is 0 Å². The molecule has 3 fully saturated rings. The first kappa shape index (κ1) is 25.4. The molecule has 0 amide bonds. The molecule has 0 radical (unpaired) electrons. The Kier molecular flexibility index (Phi) is 6.52. The summed E-state index contributed by atoms with van der Waals surface area (Å²) >= 11 is 0. The lowest BCUT2D eigenvalue weighted by atomic mass is 9.99. The number of fused-ring (bicyclic) bond motifs is 1. The van der Waals surface area contributed by atoms with Crippen LogP contribution in [0.5, 0.6) is 0 Å². The van der Waals surface area contributed by atoms with E-state index in [1.165, 1.54) is 19.4 Å². The summed E-state index contributed by atoms with van der Waals surface area (Å²) in [6.07, 6.45) is 0.325. The van der Waals surface area contributed by atoms with E-state index in [9.17, 15) is 32.2 Å². The number of halogens is 2. The van der Waals surface area contributed by atoms with Gasteiger partial charge in [0, 0.05) is 43.8 Å². The minimum Gasteiger partial charge on any atom is -0.390 e. The zero-order valence-corrected chi connectivity index (χ0v) is 20.7. The van der Waals surface area contributed by atoms with Gasteiger partial charge in [0.2, 0.25) is 5.95 Å². The number of rotatable bonds is 6. The third-order valence-electron chi connectivity index (χ3n) is 7.49. The highest BCUT2D eigenvalue weighted by molar-refractivity contribution is 7.86. The molecule has 3 N–H and O–H groups in total. The van der Waals surface area contributed by atoms with Crippen molar-refractivity contribution in [2.24, 2.45) is 0 Å². The van der Waals surface area contributed by atoms with Crippen molar-refractivity contribution < 1.29 is 27.4 Å². The van der Waals surface area contributed by atoms with Gasteiger partial charge in [-0.25, -0.2) is 13.8 Å². The third kappa shape index (κ3) is 4.49. The van der Waals surface area contributed by atoms with Gasteiger partial charge in [-0.05, 0) is 45.1 Å². The molecule has 198 valence electrons. The summed E-state index contributed by atoms with van der Waals surface area (Å²) in [6, 6.07) is 0.274. The molecule has 2 aliphatic heterocycles. The monoisotopic (exact) mass is 528 g/mol. The Morgan fingerprint density at radius 3 is 2.47 bits per heavy atom. The molecule has 1 aliphatic carbocycles. The van der Waals surface area contributed by atoms with Gasteiger partial charge in [0.05, 0.1) is 23.3 Å². The fourth-order valence-electron chi connectivity index (χ4n) is 5.38. The predicted molar refractivity (Wildman–Crippen MR) is 127 cm³/mol. The average Bonchev–Trinajstić information content (AvgIpc) is 3.15. The molecule has 1 saturated carbocycles. The van der Waals surface area contributed by atoms with Crippen molar-refractivity contribution in [1.29, 1.82) is 0 Å². The number of alkyl halides is 2. The van der Waals surface area contributed by atoms with E-state index in [0.717, 1.165) is 6.07 Å². The van der Waals surface area contributed by atoms with Crippen molar-refractivity contribution in [2.75, 3.05) is 31.5 Å². The largest absolute Gasteiger partial charge is 0.390 e. The lowest BCUT2D eigenvalue weighted by Crippen LogP contribution is -2.59. The molecular formula is C22H30F2N6O5S. The Balaban J connectivity index is 1.38. The van der Waals surface area contributed by atoms with E-state index in [2.05, 4.69) is 15.3 Å². The quantitative estimate of drug-likeness (QED) is 0.505. The van der Waals surface area contributed by atoms with Gasteiger partial charge in [-0.1, -0.05) is 0 Å². The van der Waals surface area contributed by atoms with E-state index in [4.69, 9.17) is 0 Å². The number of piperidine rings is 1. The molecule has 0 bridgehead atoms. The lowest BCUT2D eigenvalue weighted by Gasteiger charge is -2.40. The van der Waals surface area contributed by atoms with Crippen LogP contribution in [0.25, 0.3) is 11.0 Å². The number of nitrogens with one attached hydrogen (secondary N) is 1. The van der Waals surface area contributed by atoms with E-state index >= 15 is 0 Å². The molecule has 2 atom stereocenters. The Labute approximate surface area is 206 Å². The number of nitrogens with zero attached hydrogens (tertiary/aromatic N) is 5. The Morgan fingerprint density at radius 2 is 1.89 bits per heavy atom. The Bertz CT molecular complexity index is 1310. The summed E-state index contributed by atoms with van der Waals surface area (Å²) in [4.78, 5) is 21.8. The molecule has 2 aromatic heterocycles. The first-order valence-electron chi connectivity index (χ1n) is 12.1. The van der Waals surface area contributed by atoms with Crippen LogP contribution in [0.3, 0.4) is 0 Å². The minimum absolute atomic E-state index is 0.105. The van der Waals surface area contributed by atoms with Crippen LogP contribution in [0.1, 0.15) is 57.1 Å². The van der Waals surface area contributed by atoms with Crippen molar-refractivity contribution in [1.82, 2.24) is 23.1 Å². The highest BCUT2D eigenvalue weighted by Gasteiger charge is 2.41. The summed E-state index contributed by atoms with van der Waals surface area (Å²) in [6.45, 7) is 2.38. The van der Waals surface area contributed by atoms with Crippen LogP contribution in [0.2, 0.25) is 0 Å². The van der Waals surface area contributed by atoms with Crippen molar-refractivity contribution in [3.05, 3.63) is 28.2 Å². The fourth-order valence-corrected chi connectivity index (χ4v) is 7.10. The lowest BCUT2D eigenvalue weighted by molar-refractivity contribution is 0.0261. The summed E-state index contributed by atoms with van der Waals surface area (Å²) in [5.74, 6) is 0.199. The van der Waals surface area contributed by atoms with Gasteiger partial charge in [0.1, 0.15) is 5.65 Å². The van der Waals surface area contributed by atoms with Gasteiger partial charge in [-0.15, -0.1) is 0 Å². The van der Waals surface area contributed by atoms with Crippen molar-refractivity contribution in [3.63, 3.8) is 0 Å². The topological polar surface area (TPSA) is 141 Å². The maximum absolute atomic E-state index is 13.6. The fraction of sp³-hybridized carbons (Fsp3) is 0.682. The molecular weight excluding hydrogens is 498 g/mol. The zero-order chi connectivity index (χ0) is 25.8. The Hall–Kier alpha value is -2.26. The number of aromatic nitrogens is 3. The first-order valence-corrected chi connectivity index (χ1v) is 13.5. The zero-order valence-electron chi connectivity index (χ0n) is 19.8. The first-order chi connectivity index (χ1) is 17.0. The summed E-state index contributed by atoms with van der Waals surface area (Å²) in [5, 5.41) is 23.7. The van der Waals surface area contributed by atoms with Crippen LogP contribution in [0.4, 0.5) is 14.7 Å². The molecule has 2 aromatic rings. The molecule has 11 nitrogen and oxygen atoms in total. The van der Waals surface area contributed by atoms with Gasteiger partial charge in [0.25, 0.3) is 22.2 Å². The molecule has 2 saturated heterocycles. The highest BCUT2D eigenvalue weighted by atomic mass is 32.2. The predicted octanol–water partition coefficient (Wildman–Crippen LogP) is 1.00. The van der Waals surface area contributed by atoms with Gasteiger partial charge in [0.15, 0.2) is 0 Å². The molecule has 3 aliphatic rings. The Morgan fingerprint density at radius 1 is 1.19 bits per heavy atom. The SMILES string of the molecule is C[C@@]1(O)CCC[C@H]1n1c(=O)c(C(F)F)cc2cnc(NC3CCN(S(=O)(=O)N4CC(O)C4)CC3)nc21. The van der Waals surface area contributed by atoms with E-state index in [1.807, 2.05) is 0 Å². The van der Waals surface area contributed by atoms with Gasteiger partial charge >= 0.3 is 0 Å². The number of aliphatic hydroxyl groups is 2. The maximum Gasteiger partial charge on any atom is 0.282 e. The van der Waals surface area contributed by atoms with E-state index in [-0.39, 0.29) is 49.2 Å². The minimum atomic E-state index is -3.60. The van der Waals surface area contributed by atoms with Crippen molar-refractivity contribution >= 4 is 27.2 Å². The second-order valence-corrected chi connectivity index (χ2v) is 12.0. The van der Waals surface area contributed by atoms with E-state index in [1.54, 1.807) is 6.92 Å². The standard InChI is InChI=1S/C22H30F2N6O5S/c1-22(33)6-2-3-17(22)30-19-13(9-16(18(23)24)20(30)32)10-25-21(27-19)26-14-4-7-28(8-5-14)36(34,35)29-11-15(31)12-29/h9-10,14-15,17-18,31,33H,2-8,11-12H2,1H3,(H,25,26,27)/t17-,22-/m1/s1. The van der Waals surface area contributed by atoms with E-state index < -0.39 is 45.5 Å². The van der Waals surface area contributed by atoms with Crippen LogP contribution in [-0.4, -0.2) is 85.7 Å². The summed E-state index contributed by atoms with van der Waals surface area (Å²) in [7, 11) is -3.60. The number of β-amino-alcohol motifs (C(OH)–C–C–N with tert-alkyl or cyclic N) is 1. The molecule has 36 heavy (non-hydrogen) atoms. The number of hydrogen-bond acceptors (Lipinski definition) is 8. The number of pyridine rings is 1. The van der Waals surface area contributed by atoms with E-state index in [0.29, 0.717) is 32.1 Å². The molecule has 0 unspecified atom stereocenters.